The number of benzene rings is 1. The van der Waals surface area contributed by atoms with Crippen molar-refractivity contribution in [1.82, 2.24) is 14.8 Å². The van der Waals surface area contributed by atoms with E-state index in [1.54, 1.807) is 12.1 Å². The number of hydrogen-bond donors (Lipinski definition) is 2. The summed E-state index contributed by atoms with van der Waals surface area (Å²) in [6, 6.07) is 7.43. The summed E-state index contributed by atoms with van der Waals surface area (Å²) < 4.78 is 1.31. The Balaban J connectivity index is 2.11. The van der Waals surface area contributed by atoms with Crippen molar-refractivity contribution in [3.05, 3.63) is 51.8 Å². The lowest BCUT2D eigenvalue weighted by molar-refractivity contribution is -0.384. The molecule has 1 aromatic heterocycles. The molecule has 2 heterocycles. The molecule has 2 aromatic rings. The van der Waals surface area contributed by atoms with Gasteiger partial charge in [0, 0.05) is 12.1 Å². The predicted octanol–water partition coefficient (Wildman–Crippen LogP) is 1.00. The standard InChI is InChI=1S/C12H9N7O2/c13-5-9-10(7-2-1-3-8(4-7)19(20)21)17-12-15-6-16-18(12)11(9)14/h1-4,6,10H,14H2,(H,15,16,17)/t10-/m0/s1. The van der Waals surface area contributed by atoms with E-state index in [2.05, 4.69) is 15.4 Å². The number of fused-ring (bicyclic) bond motifs is 1. The van der Waals surface area contributed by atoms with Crippen LogP contribution >= 0.6 is 0 Å². The van der Waals surface area contributed by atoms with E-state index in [0.717, 1.165) is 0 Å². The summed E-state index contributed by atoms with van der Waals surface area (Å²) >= 11 is 0. The number of nitrogens with two attached hydrogens (primary N) is 1. The van der Waals surface area contributed by atoms with E-state index in [0.29, 0.717) is 11.5 Å². The Morgan fingerprint density at radius 3 is 3.05 bits per heavy atom. The zero-order valence-corrected chi connectivity index (χ0v) is 10.6. The minimum Gasteiger partial charge on any atom is -0.383 e. The van der Waals surface area contributed by atoms with Crippen molar-refractivity contribution in [2.75, 3.05) is 5.32 Å². The number of aromatic nitrogens is 3. The van der Waals surface area contributed by atoms with Crippen LogP contribution in [0.1, 0.15) is 11.6 Å². The maximum absolute atomic E-state index is 10.9. The van der Waals surface area contributed by atoms with Crippen molar-refractivity contribution in [3.63, 3.8) is 0 Å². The molecule has 1 aliphatic heterocycles. The van der Waals surface area contributed by atoms with Gasteiger partial charge in [0.15, 0.2) is 0 Å². The summed E-state index contributed by atoms with van der Waals surface area (Å²) in [5.41, 5.74) is 6.64. The molecule has 0 spiro atoms. The quantitative estimate of drug-likeness (QED) is 0.619. The van der Waals surface area contributed by atoms with Crippen molar-refractivity contribution in [3.8, 4) is 6.07 Å². The Labute approximate surface area is 118 Å². The summed E-state index contributed by atoms with van der Waals surface area (Å²) in [5, 5.41) is 27.1. The van der Waals surface area contributed by atoms with Crippen LogP contribution in [0, 0.1) is 21.4 Å². The number of non-ortho nitro benzene ring substituents is 1. The monoisotopic (exact) mass is 283 g/mol. The molecule has 0 aliphatic carbocycles. The van der Waals surface area contributed by atoms with E-state index < -0.39 is 11.0 Å². The van der Waals surface area contributed by atoms with Crippen LogP contribution in [-0.2, 0) is 0 Å². The van der Waals surface area contributed by atoms with Gasteiger partial charge < -0.3 is 11.1 Å². The van der Waals surface area contributed by atoms with Crippen molar-refractivity contribution >= 4 is 17.5 Å². The van der Waals surface area contributed by atoms with Gasteiger partial charge in [0.25, 0.3) is 5.69 Å². The van der Waals surface area contributed by atoms with Crippen LogP contribution in [0.2, 0.25) is 0 Å². The zero-order chi connectivity index (χ0) is 15.0. The average molecular weight is 283 g/mol. The van der Waals surface area contributed by atoms with E-state index in [9.17, 15) is 15.4 Å². The molecule has 104 valence electrons. The molecule has 1 aliphatic rings. The first-order chi connectivity index (χ1) is 10.1. The first-order valence-corrected chi connectivity index (χ1v) is 5.93. The predicted molar refractivity (Wildman–Crippen MR) is 72.5 cm³/mol. The van der Waals surface area contributed by atoms with Crippen molar-refractivity contribution in [2.24, 2.45) is 5.73 Å². The van der Waals surface area contributed by atoms with E-state index in [1.807, 2.05) is 6.07 Å². The maximum Gasteiger partial charge on any atom is 0.269 e. The molecule has 1 atom stereocenters. The molecule has 9 heteroatoms. The second-order valence-electron chi connectivity index (χ2n) is 4.34. The van der Waals surface area contributed by atoms with Gasteiger partial charge >= 0.3 is 0 Å². The molecule has 0 bridgehead atoms. The minimum atomic E-state index is -0.605. The molecule has 21 heavy (non-hydrogen) atoms. The van der Waals surface area contributed by atoms with E-state index >= 15 is 0 Å². The normalized spacial score (nSPS) is 16.8. The molecule has 0 saturated heterocycles. The number of anilines is 1. The van der Waals surface area contributed by atoms with Gasteiger partial charge in [-0.15, -0.1) is 0 Å². The van der Waals surface area contributed by atoms with Crippen LogP contribution in [0.5, 0.6) is 0 Å². The third-order valence-corrected chi connectivity index (χ3v) is 3.15. The zero-order valence-electron chi connectivity index (χ0n) is 10.6. The number of nitrogens with zero attached hydrogens (tertiary/aromatic N) is 5. The molecule has 0 fully saturated rings. The summed E-state index contributed by atoms with van der Waals surface area (Å²) in [6.07, 6.45) is 1.31. The molecule has 0 amide bonds. The van der Waals surface area contributed by atoms with Crippen LogP contribution in [-0.4, -0.2) is 19.7 Å². The fraction of sp³-hybridized carbons (Fsp3) is 0.0833. The highest BCUT2D eigenvalue weighted by Crippen LogP contribution is 2.33. The summed E-state index contributed by atoms with van der Waals surface area (Å²) in [5.74, 6) is 0.531. The molecule has 3 rings (SSSR count). The van der Waals surface area contributed by atoms with Crippen LogP contribution in [0.25, 0.3) is 5.82 Å². The van der Waals surface area contributed by atoms with Gasteiger partial charge in [0.1, 0.15) is 18.2 Å². The SMILES string of the molecule is N#CC1=C(N)n2ncnc2N[C@H]1c1cccc([N+](=O)[O-])c1. The number of nitro groups is 1. The van der Waals surface area contributed by atoms with Gasteiger partial charge in [0.05, 0.1) is 16.5 Å². The molecule has 1 aromatic carbocycles. The highest BCUT2D eigenvalue weighted by molar-refractivity contribution is 5.65. The lowest BCUT2D eigenvalue weighted by atomic mass is 9.98. The number of nitro benzene ring substituents is 1. The van der Waals surface area contributed by atoms with Crippen molar-refractivity contribution in [1.29, 1.82) is 5.26 Å². The summed E-state index contributed by atoms with van der Waals surface area (Å²) in [7, 11) is 0. The smallest absolute Gasteiger partial charge is 0.269 e. The maximum atomic E-state index is 10.9. The molecule has 0 saturated carbocycles. The Hall–Kier alpha value is -3.41. The summed E-state index contributed by atoms with van der Waals surface area (Å²) in [4.78, 5) is 14.4. The van der Waals surface area contributed by atoms with Gasteiger partial charge in [-0.3, -0.25) is 10.1 Å². The van der Waals surface area contributed by atoms with Crippen molar-refractivity contribution in [2.45, 2.75) is 6.04 Å². The van der Waals surface area contributed by atoms with Gasteiger partial charge in [-0.1, -0.05) is 12.1 Å². The van der Waals surface area contributed by atoms with Crippen LogP contribution in [0.4, 0.5) is 11.6 Å². The Kier molecular flexibility index (Phi) is 2.77. The molecule has 0 radical (unpaired) electrons. The Morgan fingerprint density at radius 1 is 1.52 bits per heavy atom. The van der Waals surface area contributed by atoms with E-state index in [4.69, 9.17) is 5.73 Å². The number of nitrogens with one attached hydrogen (secondary N) is 1. The highest BCUT2D eigenvalue weighted by atomic mass is 16.6. The fourth-order valence-electron chi connectivity index (χ4n) is 2.17. The molecule has 3 N–H and O–H groups in total. The van der Waals surface area contributed by atoms with E-state index in [-0.39, 0.29) is 17.1 Å². The largest absolute Gasteiger partial charge is 0.383 e. The molecule has 0 unspecified atom stereocenters. The van der Waals surface area contributed by atoms with Gasteiger partial charge in [-0.25, -0.2) is 0 Å². The second kappa shape index (κ2) is 4.61. The first kappa shape index (κ1) is 12.6. The fourth-order valence-corrected chi connectivity index (χ4v) is 2.17. The van der Waals surface area contributed by atoms with Gasteiger partial charge in [0.2, 0.25) is 5.95 Å². The number of hydrogen-bond acceptors (Lipinski definition) is 7. The Bertz CT molecular complexity index is 802. The topological polar surface area (TPSA) is 136 Å². The second-order valence-corrected chi connectivity index (χ2v) is 4.34. The lowest BCUT2D eigenvalue weighted by Crippen LogP contribution is -2.27. The van der Waals surface area contributed by atoms with E-state index in [1.165, 1.54) is 23.1 Å². The van der Waals surface area contributed by atoms with Crippen molar-refractivity contribution < 1.29 is 4.92 Å². The van der Waals surface area contributed by atoms with Gasteiger partial charge in [-0.2, -0.15) is 20.0 Å². The van der Waals surface area contributed by atoms with Crippen LogP contribution in [0.15, 0.2) is 36.2 Å². The lowest BCUT2D eigenvalue weighted by Gasteiger charge is -2.25. The molecular formula is C12H9N7O2. The third-order valence-electron chi connectivity index (χ3n) is 3.15. The molecule has 9 nitrogen and oxygen atoms in total. The number of nitriles is 1. The third kappa shape index (κ3) is 1.95. The average Bonchev–Trinajstić information content (AvgIpc) is 2.96. The molecular weight excluding hydrogens is 274 g/mol. The van der Waals surface area contributed by atoms with Crippen LogP contribution in [0.3, 0.4) is 0 Å². The number of rotatable bonds is 2. The first-order valence-electron chi connectivity index (χ1n) is 5.93. The van der Waals surface area contributed by atoms with Gasteiger partial charge in [-0.05, 0) is 5.56 Å². The summed E-state index contributed by atoms with van der Waals surface area (Å²) in [6.45, 7) is 0. The van der Waals surface area contributed by atoms with Crippen LogP contribution < -0.4 is 11.1 Å². The Morgan fingerprint density at radius 2 is 2.33 bits per heavy atom. The minimum absolute atomic E-state index is 0.0581. The highest BCUT2D eigenvalue weighted by Gasteiger charge is 2.29.